The maximum Gasteiger partial charge on any atom is 0.317 e. The van der Waals surface area contributed by atoms with E-state index >= 15 is 0 Å². The summed E-state index contributed by atoms with van der Waals surface area (Å²) in [6, 6.07) is 3.99. The minimum absolute atomic E-state index is 0.157. The maximum absolute atomic E-state index is 12.2. The van der Waals surface area contributed by atoms with Gasteiger partial charge in [-0.15, -0.1) is 5.10 Å². The van der Waals surface area contributed by atoms with Crippen LogP contribution in [0.1, 0.15) is 27.5 Å². The third-order valence-corrected chi connectivity index (χ3v) is 4.85. The van der Waals surface area contributed by atoms with Gasteiger partial charge in [-0.3, -0.25) is 4.79 Å². The molecule has 3 rings (SSSR count). The van der Waals surface area contributed by atoms with Crippen molar-refractivity contribution < 1.29 is 14.7 Å². The van der Waals surface area contributed by atoms with Gasteiger partial charge in [0.15, 0.2) is 0 Å². The molecule has 0 bridgehead atoms. The van der Waals surface area contributed by atoms with Crippen molar-refractivity contribution in [2.75, 3.05) is 7.05 Å². The average molecular weight is 390 g/mol. The molecule has 2 aromatic heterocycles. The van der Waals surface area contributed by atoms with Crippen molar-refractivity contribution >= 4 is 35.1 Å². The summed E-state index contributed by atoms with van der Waals surface area (Å²) >= 11 is 1.30. The van der Waals surface area contributed by atoms with Crippen LogP contribution in [0.15, 0.2) is 12.1 Å². The highest BCUT2D eigenvalue weighted by Gasteiger charge is 2.13. The van der Waals surface area contributed by atoms with Gasteiger partial charge in [-0.05, 0) is 55.6 Å². The number of nitrogens with one attached hydrogen (secondary N) is 2. The first kappa shape index (κ1) is 20.3. The molecular weight excluding hydrogens is 368 g/mol. The number of amides is 2. The largest absolute Gasteiger partial charge is 0.483 e. The van der Waals surface area contributed by atoms with Crippen molar-refractivity contribution in [1.29, 1.82) is 0 Å². The SMILES string of the molecule is Cc1cc2nc(CN(C)C(=O)NCc3snnc3C)[nH]c2cc1C.O=CO. The molecule has 0 aliphatic rings. The van der Waals surface area contributed by atoms with Crippen molar-refractivity contribution in [2.45, 2.75) is 33.9 Å². The Kier molecular flexibility index (Phi) is 6.83. The number of H-pyrrole nitrogens is 1. The van der Waals surface area contributed by atoms with Crippen molar-refractivity contribution in [1.82, 2.24) is 29.8 Å². The van der Waals surface area contributed by atoms with Gasteiger partial charge in [0.2, 0.25) is 0 Å². The van der Waals surface area contributed by atoms with E-state index in [2.05, 4.69) is 50.9 Å². The van der Waals surface area contributed by atoms with Crippen LogP contribution in [0.25, 0.3) is 11.0 Å². The number of rotatable bonds is 4. The monoisotopic (exact) mass is 390 g/mol. The summed E-state index contributed by atoms with van der Waals surface area (Å²) in [6.45, 7) is 6.63. The number of urea groups is 1. The molecule has 0 radical (unpaired) electrons. The Morgan fingerprint density at radius 3 is 2.63 bits per heavy atom. The molecule has 0 aliphatic heterocycles. The van der Waals surface area contributed by atoms with E-state index in [1.54, 1.807) is 11.9 Å². The molecule has 0 spiro atoms. The fourth-order valence-corrected chi connectivity index (χ4v) is 2.97. The van der Waals surface area contributed by atoms with E-state index in [-0.39, 0.29) is 12.5 Å². The third kappa shape index (κ3) is 5.23. The number of aromatic amines is 1. The lowest BCUT2D eigenvalue weighted by Crippen LogP contribution is -2.36. The average Bonchev–Trinajstić information content (AvgIpc) is 3.19. The Morgan fingerprint density at radius 2 is 2.00 bits per heavy atom. The molecule has 0 atom stereocenters. The molecule has 0 aliphatic carbocycles. The first-order valence-electron chi connectivity index (χ1n) is 8.16. The van der Waals surface area contributed by atoms with Gasteiger partial charge in [0.05, 0.1) is 34.7 Å². The van der Waals surface area contributed by atoms with Gasteiger partial charge in [-0.25, -0.2) is 9.78 Å². The number of aromatic nitrogens is 4. The lowest BCUT2D eigenvalue weighted by atomic mass is 10.1. The van der Waals surface area contributed by atoms with Crippen LogP contribution in [0.3, 0.4) is 0 Å². The summed E-state index contributed by atoms with van der Waals surface area (Å²) in [5.41, 5.74) is 5.20. The van der Waals surface area contributed by atoms with E-state index < -0.39 is 0 Å². The number of aryl methyl sites for hydroxylation is 3. The molecule has 10 heteroatoms. The van der Waals surface area contributed by atoms with Crippen LogP contribution in [0.2, 0.25) is 0 Å². The van der Waals surface area contributed by atoms with Crippen LogP contribution in [-0.2, 0) is 17.9 Å². The fourth-order valence-electron chi connectivity index (χ4n) is 2.40. The highest BCUT2D eigenvalue weighted by molar-refractivity contribution is 7.05. The number of hydrogen-bond donors (Lipinski definition) is 3. The number of carboxylic acid groups (broad SMARTS) is 1. The third-order valence-electron chi connectivity index (χ3n) is 4.03. The van der Waals surface area contributed by atoms with E-state index in [1.807, 2.05) is 6.92 Å². The Hall–Kier alpha value is -3.01. The molecule has 0 fully saturated rings. The topological polar surface area (TPSA) is 124 Å². The first-order chi connectivity index (χ1) is 12.8. The molecule has 0 saturated heterocycles. The summed E-state index contributed by atoms with van der Waals surface area (Å²) in [5, 5.41) is 13.7. The lowest BCUT2D eigenvalue weighted by molar-refractivity contribution is -0.122. The fraction of sp³-hybridized carbons (Fsp3) is 0.353. The molecular formula is C17H22N6O3S. The number of fused-ring (bicyclic) bond motifs is 1. The quantitative estimate of drug-likeness (QED) is 0.588. The van der Waals surface area contributed by atoms with Crippen LogP contribution in [0, 0.1) is 20.8 Å². The number of imidazole rings is 1. The van der Waals surface area contributed by atoms with Gasteiger partial charge in [0, 0.05) is 7.05 Å². The second-order valence-corrected chi connectivity index (χ2v) is 6.88. The smallest absolute Gasteiger partial charge is 0.317 e. The molecule has 9 nitrogen and oxygen atoms in total. The van der Waals surface area contributed by atoms with Crippen LogP contribution < -0.4 is 5.32 Å². The highest BCUT2D eigenvalue weighted by Crippen LogP contribution is 2.17. The van der Waals surface area contributed by atoms with Crippen LogP contribution in [0.4, 0.5) is 4.79 Å². The molecule has 3 N–H and O–H groups in total. The Balaban J connectivity index is 0.000000817. The molecule has 3 aromatic rings. The van der Waals surface area contributed by atoms with Gasteiger partial charge >= 0.3 is 6.03 Å². The normalized spacial score (nSPS) is 10.2. The van der Waals surface area contributed by atoms with E-state index in [9.17, 15) is 4.79 Å². The van der Waals surface area contributed by atoms with Gasteiger partial charge in [0.1, 0.15) is 5.82 Å². The number of hydrogen-bond acceptors (Lipinski definition) is 6. The highest BCUT2D eigenvalue weighted by atomic mass is 32.1. The van der Waals surface area contributed by atoms with E-state index in [0.717, 1.165) is 27.4 Å². The Morgan fingerprint density at radius 1 is 1.33 bits per heavy atom. The van der Waals surface area contributed by atoms with Crippen molar-refractivity contribution in [3.63, 3.8) is 0 Å². The standard InChI is InChI=1S/C16H20N6OS.CH2O2/c1-9-5-12-13(6-10(9)2)19-15(18-12)8-22(4)16(23)17-7-14-11(3)20-21-24-14;2-1-3/h5-6H,7-8H2,1-4H3,(H,17,23)(H,18,19);1H,(H,2,3). The van der Waals surface area contributed by atoms with E-state index in [1.165, 1.54) is 22.7 Å². The van der Waals surface area contributed by atoms with Crippen LogP contribution in [0.5, 0.6) is 0 Å². The molecule has 0 saturated carbocycles. The van der Waals surface area contributed by atoms with Crippen molar-refractivity contribution in [2.24, 2.45) is 0 Å². The van der Waals surface area contributed by atoms with Crippen LogP contribution in [-0.4, -0.2) is 49.1 Å². The van der Waals surface area contributed by atoms with Crippen molar-refractivity contribution in [3.05, 3.63) is 39.7 Å². The van der Waals surface area contributed by atoms with Gasteiger partial charge in [-0.2, -0.15) is 0 Å². The Bertz CT molecular complexity index is 897. The predicted octanol–water partition coefficient (Wildman–Crippen LogP) is 2.38. The van der Waals surface area contributed by atoms with Gasteiger partial charge in [0.25, 0.3) is 6.47 Å². The zero-order chi connectivity index (χ0) is 20.0. The number of carbonyl (C=O) groups excluding carboxylic acids is 1. The number of carbonyl (C=O) groups is 2. The minimum atomic E-state index is -0.250. The number of nitrogens with zero attached hydrogens (tertiary/aromatic N) is 4. The first-order valence-corrected chi connectivity index (χ1v) is 8.93. The zero-order valence-corrected chi connectivity index (χ0v) is 16.4. The van der Waals surface area contributed by atoms with E-state index in [0.29, 0.717) is 13.1 Å². The summed E-state index contributed by atoms with van der Waals surface area (Å²) in [5.74, 6) is 0.767. The predicted molar refractivity (Wildman–Crippen MR) is 103 cm³/mol. The molecule has 1 aromatic carbocycles. The second-order valence-electron chi connectivity index (χ2n) is 6.04. The molecule has 0 unspecified atom stereocenters. The summed E-state index contributed by atoms with van der Waals surface area (Å²) < 4.78 is 3.86. The molecule has 2 amide bonds. The lowest BCUT2D eigenvalue weighted by Gasteiger charge is -2.16. The van der Waals surface area contributed by atoms with Crippen molar-refractivity contribution in [3.8, 4) is 0 Å². The van der Waals surface area contributed by atoms with E-state index in [4.69, 9.17) is 9.90 Å². The molecule has 2 heterocycles. The molecule has 27 heavy (non-hydrogen) atoms. The van der Waals surface area contributed by atoms with Gasteiger partial charge in [-0.1, -0.05) is 4.49 Å². The minimum Gasteiger partial charge on any atom is -0.483 e. The second kappa shape index (κ2) is 9.08. The Labute approximate surface area is 160 Å². The number of benzene rings is 1. The summed E-state index contributed by atoms with van der Waals surface area (Å²) in [6.07, 6.45) is 0. The van der Waals surface area contributed by atoms with Crippen LogP contribution >= 0.6 is 11.5 Å². The summed E-state index contributed by atoms with van der Waals surface area (Å²) in [7, 11) is 1.75. The molecule has 144 valence electrons. The maximum atomic E-state index is 12.2. The van der Waals surface area contributed by atoms with Gasteiger partial charge < -0.3 is 20.3 Å². The summed E-state index contributed by atoms with van der Waals surface area (Å²) in [4.78, 5) is 31.0. The zero-order valence-electron chi connectivity index (χ0n) is 15.6.